The zero-order chi connectivity index (χ0) is 16.3. The molecule has 0 aliphatic carbocycles. The van der Waals surface area contributed by atoms with Crippen molar-refractivity contribution in [1.29, 1.82) is 0 Å². The van der Waals surface area contributed by atoms with Gasteiger partial charge in [0.2, 0.25) is 0 Å². The first kappa shape index (κ1) is 18.0. The van der Waals surface area contributed by atoms with Crippen LogP contribution in [0, 0.1) is 0 Å². The topological polar surface area (TPSA) is 17.1 Å². The molecular weight excluding hydrogens is 317 g/mol. The summed E-state index contributed by atoms with van der Waals surface area (Å²) in [7, 11) is -0.598. The standard InChI is InChI=1S/C13H13F6OP/c1-2-3-7-21-11(20)10-8(12(14,15)16)5-4-6-9(10)13(17,18)19/h4-6,21H,2-3,7H2,1H3. The Morgan fingerprint density at radius 1 is 1.05 bits per heavy atom. The Bertz CT molecular complexity index is 474. The van der Waals surface area contributed by atoms with Crippen LogP contribution in [0.15, 0.2) is 18.2 Å². The molecule has 0 bridgehead atoms. The number of carbonyl (C=O) groups excluding carboxylic acids is 1. The highest BCUT2D eigenvalue weighted by molar-refractivity contribution is 7.58. The molecule has 1 atom stereocenters. The van der Waals surface area contributed by atoms with Gasteiger partial charge in [-0.1, -0.05) is 19.4 Å². The van der Waals surface area contributed by atoms with Gasteiger partial charge in [0.1, 0.15) is 0 Å². The van der Waals surface area contributed by atoms with Crippen LogP contribution >= 0.6 is 8.58 Å². The van der Waals surface area contributed by atoms with Crippen molar-refractivity contribution in [3.63, 3.8) is 0 Å². The molecule has 0 aromatic heterocycles. The first-order valence-electron chi connectivity index (χ1n) is 6.14. The normalized spacial score (nSPS) is 13.1. The predicted molar refractivity (Wildman–Crippen MR) is 68.9 cm³/mol. The van der Waals surface area contributed by atoms with Gasteiger partial charge in [-0.3, -0.25) is 4.79 Å². The Balaban J connectivity index is 3.33. The number of benzene rings is 1. The van der Waals surface area contributed by atoms with E-state index >= 15 is 0 Å². The molecular formula is C13H13F6OP. The number of hydrogen-bond donors (Lipinski definition) is 0. The molecule has 8 heteroatoms. The van der Waals surface area contributed by atoms with Crippen molar-refractivity contribution in [1.82, 2.24) is 0 Å². The highest BCUT2D eigenvalue weighted by Gasteiger charge is 2.42. The maximum absolute atomic E-state index is 12.8. The van der Waals surface area contributed by atoms with Crippen molar-refractivity contribution in [3.05, 3.63) is 34.9 Å². The Hall–Kier alpha value is -1.10. The molecule has 0 saturated heterocycles. The van der Waals surface area contributed by atoms with E-state index in [0.717, 1.165) is 0 Å². The lowest BCUT2D eigenvalue weighted by Gasteiger charge is -2.17. The van der Waals surface area contributed by atoms with E-state index in [1.54, 1.807) is 0 Å². The van der Waals surface area contributed by atoms with Crippen molar-refractivity contribution < 1.29 is 31.1 Å². The quantitative estimate of drug-likeness (QED) is 0.404. The Morgan fingerprint density at radius 3 is 1.90 bits per heavy atom. The fourth-order valence-corrected chi connectivity index (χ4v) is 2.94. The number of hydrogen-bond acceptors (Lipinski definition) is 1. The van der Waals surface area contributed by atoms with E-state index < -0.39 is 43.1 Å². The number of alkyl halides is 6. The van der Waals surface area contributed by atoms with E-state index in [1.807, 2.05) is 6.92 Å². The minimum atomic E-state index is -5.00. The van der Waals surface area contributed by atoms with E-state index in [2.05, 4.69) is 0 Å². The first-order chi connectivity index (χ1) is 9.59. The fourth-order valence-electron chi connectivity index (χ4n) is 1.74. The highest BCUT2D eigenvalue weighted by Crippen LogP contribution is 2.41. The van der Waals surface area contributed by atoms with E-state index in [4.69, 9.17) is 0 Å². The van der Waals surface area contributed by atoms with Crippen LogP contribution in [0.1, 0.15) is 41.3 Å². The third-order valence-corrected chi connectivity index (χ3v) is 3.89. The zero-order valence-electron chi connectivity index (χ0n) is 11.0. The van der Waals surface area contributed by atoms with Crippen molar-refractivity contribution in [2.45, 2.75) is 32.1 Å². The summed E-state index contributed by atoms with van der Waals surface area (Å²) in [5.74, 6) is 0. The molecule has 0 aliphatic heterocycles. The Labute approximate surface area is 119 Å². The number of halogens is 6. The highest BCUT2D eigenvalue weighted by atomic mass is 31.1. The average molecular weight is 330 g/mol. The molecule has 1 aromatic carbocycles. The second-order valence-corrected chi connectivity index (χ2v) is 5.64. The summed E-state index contributed by atoms with van der Waals surface area (Å²) in [6.45, 7) is 1.82. The molecule has 1 nitrogen and oxygen atoms in total. The summed E-state index contributed by atoms with van der Waals surface area (Å²) in [4.78, 5) is 11.9. The maximum atomic E-state index is 12.8. The summed E-state index contributed by atoms with van der Waals surface area (Å²) in [6.07, 6.45) is -8.41. The van der Waals surface area contributed by atoms with Crippen molar-refractivity contribution in [3.8, 4) is 0 Å². The summed E-state index contributed by atoms with van der Waals surface area (Å²) in [5, 5.41) is 0. The number of rotatable bonds is 5. The van der Waals surface area contributed by atoms with Crippen LogP contribution in [-0.2, 0) is 12.4 Å². The maximum Gasteiger partial charge on any atom is 0.417 e. The molecule has 0 aliphatic rings. The molecule has 0 heterocycles. The summed E-state index contributed by atoms with van der Waals surface area (Å²) in [5.41, 5.74) is -5.40. The van der Waals surface area contributed by atoms with Gasteiger partial charge in [-0.05, 0) is 33.3 Å². The van der Waals surface area contributed by atoms with Crippen LogP contribution in [0.5, 0.6) is 0 Å². The van der Waals surface area contributed by atoms with Crippen LogP contribution in [0.3, 0.4) is 0 Å². The largest absolute Gasteiger partial charge is 0.417 e. The minimum absolute atomic E-state index is 0.290. The fraction of sp³-hybridized carbons (Fsp3) is 0.462. The van der Waals surface area contributed by atoms with E-state index in [0.29, 0.717) is 37.2 Å². The molecule has 1 aromatic rings. The third kappa shape index (κ3) is 4.70. The summed E-state index contributed by atoms with van der Waals surface area (Å²) in [6, 6.07) is 1.68. The molecule has 0 spiro atoms. The second-order valence-electron chi connectivity index (χ2n) is 4.33. The molecule has 0 saturated carbocycles. The van der Waals surface area contributed by atoms with Crippen molar-refractivity contribution >= 4 is 14.1 Å². The van der Waals surface area contributed by atoms with Gasteiger partial charge in [0.05, 0.1) is 11.1 Å². The lowest BCUT2D eigenvalue weighted by atomic mass is 10.0. The van der Waals surface area contributed by atoms with Crippen LogP contribution < -0.4 is 0 Å². The molecule has 21 heavy (non-hydrogen) atoms. The van der Waals surface area contributed by atoms with Gasteiger partial charge in [-0.2, -0.15) is 26.3 Å². The summed E-state index contributed by atoms with van der Waals surface area (Å²) < 4.78 is 77.1. The molecule has 0 N–H and O–H groups in total. The summed E-state index contributed by atoms with van der Waals surface area (Å²) >= 11 is 0. The van der Waals surface area contributed by atoms with Gasteiger partial charge in [0.25, 0.3) is 0 Å². The zero-order valence-corrected chi connectivity index (χ0v) is 12.0. The molecule has 0 amide bonds. The van der Waals surface area contributed by atoms with Crippen molar-refractivity contribution in [2.24, 2.45) is 0 Å². The molecule has 118 valence electrons. The van der Waals surface area contributed by atoms with E-state index in [1.165, 1.54) is 0 Å². The predicted octanol–water partition coefficient (Wildman–Crippen LogP) is 5.34. The van der Waals surface area contributed by atoms with Crippen molar-refractivity contribution in [2.75, 3.05) is 6.16 Å². The lowest BCUT2D eigenvalue weighted by Crippen LogP contribution is -2.18. The minimum Gasteiger partial charge on any atom is -0.289 e. The Morgan fingerprint density at radius 2 is 1.52 bits per heavy atom. The molecule has 0 radical (unpaired) electrons. The van der Waals surface area contributed by atoms with Gasteiger partial charge in [-0.25, -0.2) is 0 Å². The van der Waals surface area contributed by atoms with E-state index in [9.17, 15) is 31.1 Å². The monoisotopic (exact) mass is 330 g/mol. The van der Waals surface area contributed by atoms with Crippen LogP contribution in [0.25, 0.3) is 0 Å². The van der Waals surface area contributed by atoms with Crippen LogP contribution in [0.2, 0.25) is 0 Å². The number of unbranched alkanes of at least 4 members (excludes halogenated alkanes) is 1. The van der Waals surface area contributed by atoms with Gasteiger partial charge >= 0.3 is 12.4 Å². The van der Waals surface area contributed by atoms with Gasteiger partial charge in [-0.15, -0.1) is 0 Å². The number of carbonyl (C=O) groups is 1. The second kappa shape index (κ2) is 6.77. The van der Waals surface area contributed by atoms with Crippen LogP contribution in [-0.4, -0.2) is 11.7 Å². The molecule has 1 rings (SSSR count). The average Bonchev–Trinajstić information content (AvgIpc) is 2.36. The Kier molecular flexibility index (Phi) is 5.79. The smallest absolute Gasteiger partial charge is 0.289 e. The van der Waals surface area contributed by atoms with E-state index in [-0.39, 0.29) is 0 Å². The first-order valence-corrected chi connectivity index (χ1v) is 7.35. The third-order valence-electron chi connectivity index (χ3n) is 2.72. The van der Waals surface area contributed by atoms with Crippen LogP contribution in [0.4, 0.5) is 26.3 Å². The lowest BCUT2D eigenvalue weighted by molar-refractivity contribution is -0.143. The molecule has 1 unspecified atom stereocenters. The van der Waals surface area contributed by atoms with Gasteiger partial charge in [0.15, 0.2) is 5.52 Å². The SMILES string of the molecule is CCCCPC(=O)c1c(C(F)(F)F)cccc1C(F)(F)F. The molecule has 0 fully saturated rings. The van der Waals surface area contributed by atoms with Gasteiger partial charge in [0, 0.05) is 5.56 Å². The van der Waals surface area contributed by atoms with Gasteiger partial charge < -0.3 is 0 Å².